The molecule has 1 aromatic carbocycles. The summed E-state index contributed by atoms with van der Waals surface area (Å²) in [5, 5.41) is -0.465. The smallest absolute Gasteiger partial charge is 0.155 e. The van der Waals surface area contributed by atoms with Gasteiger partial charge in [-0.1, -0.05) is 24.6 Å². The zero-order valence-electron chi connectivity index (χ0n) is 11.5. The number of hydrogen-bond acceptors (Lipinski definition) is 4. The Kier molecular flexibility index (Phi) is 3.73. The first-order valence-corrected chi connectivity index (χ1v) is 9.03. The van der Waals surface area contributed by atoms with Crippen LogP contribution in [0.5, 0.6) is 5.75 Å². The molecule has 110 valence electrons. The average molecular weight is 295 g/mol. The normalized spacial score (nSPS) is 26.4. The Balaban J connectivity index is 1.96. The van der Waals surface area contributed by atoms with Crippen molar-refractivity contribution in [1.29, 1.82) is 0 Å². The van der Waals surface area contributed by atoms with Crippen LogP contribution in [0.3, 0.4) is 0 Å². The highest BCUT2D eigenvalue weighted by Crippen LogP contribution is 2.37. The van der Waals surface area contributed by atoms with Crippen LogP contribution in [-0.2, 0) is 16.3 Å². The summed E-state index contributed by atoms with van der Waals surface area (Å²) in [6.07, 6.45) is 4.34. The number of para-hydroxylation sites is 1. The standard InChI is InChI=1S/C15H21NO3S/c16-14(13-8-1-2-10-20(13,17)18)12-7-3-5-11-6-4-9-19-15(11)12/h3,5,7,13-14H,1-2,4,6,8-10,16H2. The van der Waals surface area contributed by atoms with Gasteiger partial charge in [-0.2, -0.15) is 0 Å². The molecule has 0 spiro atoms. The number of aryl methyl sites for hydroxylation is 1. The van der Waals surface area contributed by atoms with Gasteiger partial charge in [0.2, 0.25) is 0 Å². The topological polar surface area (TPSA) is 69.4 Å². The summed E-state index contributed by atoms with van der Waals surface area (Å²) in [5.41, 5.74) is 8.32. The number of ether oxygens (including phenoxy) is 1. The van der Waals surface area contributed by atoms with E-state index >= 15 is 0 Å². The Morgan fingerprint density at radius 1 is 1.25 bits per heavy atom. The molecule has 2 heterocycles. The van der Waals surface area contributed by atoms with Gasteiger partial charge >= 0.3 is 0 Å². The molecule has 3 rings (SSSR count). The van der Waals surface area contributed by atoms with E-state index in [0.717, 1.165) is 42.6 Å². The fraction of sp³-hybridized carbons (Fsp3) is 0.600. The predicted molar refractivity (Wildman–Crippen MR) is 78.6 cm³/mol. The molecule has 0 amide bonds. The van der Waals surface area contributed by atoms with Gasteiger partial charge in [-0.05, 0) is 31.2 Å². The lowest BCUT2D eigenvalue weighted by Gasteiger charge is -2.30. The quantitative estimate of drug-likeness (QED) is 0.905. The fourth-order valence-electron chi connectivity index (χ4n) is 3.26. The van der Waals surface area contributed by atoms with Gasteiger partial charge in [-0.3, -0.25) is 0 Å². The van der Waals surface area contributed by atoms with E-state index in [1.165, 1.54) is 0 Å². The zero-order valence-corrected chi connectivity index (χ0v) is 12.4. The van der Waals surface area contributed by atoms with Crippen molar-refractivity contribution in [1.82, 2.24) is 0 Å². The number of rotatable bonds is 2. The van der Waals surface area contributed by atoms with Crippen LogP contribution in [-0.4, -0.2) is 26.0 Å². The molecule has 0 bridgehead atoms. The summed E-state index contributed by atoms with van der Waals surface area (Å²) < 4.78 is 30.2. The predicted octanol–water partition coefficient (Wildman–Crippen LogP) is 1.98. The third-order valence-corrected chi connectivity index (χ3v) is 6.66. The maximum atomic E-state index is 12.2. The van der Waals surface area contributed by atoms with Crippen molar-refractivity contribution in [2.75, 3.05) is 12.4 Å². The molecule has 5 heteroatoms. The largest absolute Gasteiger partial charge is 0.493 e. The van der Waals surface area contributed by atoms with E-state index < -0.39 is 21.1 Å². The first-order valence-electron chi connectivity index (χ1n) is 7.31. The van der Waals surface area contributed by atoms with E-state index in [4.69, 9.17) is 10.5 Å². The minimum Gasteiger partial charge on any atom is -0.493 e. The second-order valence-electron chi connectivity index (χ2n) is 5.71. The molecule has 20 heavy (non-hydrogen) atoms. The molecule has 0 radical (unpaired) electrons. The second-order valence-corrected chi connectivity index (χ2v) is 8.05. The van der Waals surface area contributed by atoms with Gasteiger partial charge in [0.25, 0.3) is 0 Å². The van der Waals surface area contributed by atoms with Gasteiger partial charge in [-0.25, -0.2) is 8.42 Å². The van der Waals surface area contributed by atoms with Crippen LogP contribution in [0, 0.1) is 0 Å². The molecule has 0 aromatic heterocycles. The van der Waals surface area contributed by atoms with Crippen LogP contribution in [0.25, 0.3) is 0 Å². The van der Waals surface area contributed by atoms with Gasteiger partial charge in [0.1, 0.15) is 5.75 Å². The molecule has 2 N–H and O–H groups in total. The van der Waals surface area contributed by atoms with E-state index in [1.807, 2.05) is 18.2 Å². The third-order valence-electron chi connectivity index (χ3n) is 4.35. The molecule has 2 unspecified atom stereocenters. The van der Waals surface area contributed by atoms with Crippen molar-refractivity contribution in [3.05, 3.63) is 29.3 Å². The molecule has 1 aromatic rings. The van der Waals surface area contributed by atoms with Crippen LogP contribution < -0.4 is 10.5 Å². The van der Waals surface area contributed by atoms with E-state index in [2.05, 4.69) is 0 Å². The number of hydrogen-bond donors (Lipinski definition) is 1. The van der Waals surface area contributed by atoms with Gasteiger partial charge in [0.15, 0.2) is 9.84 Å². The maximum Gasteiger partial charge on any atom is 0.155 e. The molecule has 0 aliphatic carbocycles. The van der Waals surface area contributed by atoms with E-state index in [0.29, 0.717) is 13.0 Å². The summed E-state index contributed by atoms with van der Waals surface area (Å²) in [5.74, 6) is 1.09. The summed E-state index contributed by atoms with van der Waals surface area (Å²) in [6, 6.07) is 5.44. The summed E-state index contributed by atoms with van der Waals surface area (Å²) >= 11 is 0. The minimum absolute atomic E-state index is 0.265. The fourth-order valence-corrected chi connectivity index (χ4v) is 5.29. The Morgan fingerprint density at radius 2 is 2.10 bits per heavy atom. The minimum atomic E-state index is -3.08. The monoisotopic (exact) mass is 295 g/mol. The van der Waals surface area contributed by atoms with Crippen LogP contribution in [0.1, 0.15) is 42.9 Å². The number of fused-ring (bicyclic) bond motifs is 1. The molecule has 4 nitrogen and oxygen atoms in total. The van der Waals surface area contributed by atoms with E-state index in [-0.39, 0.29) is 5.75 Å². The van der Waals surface area contributed by atoms with Gasteiger partial charge in [0, 0.05) is 5.56 Å². The van der Waals surface area contributed by atoms with Crippen molar-refractivity contribution < 1.29 is 13.2 Å². The highest BCUT2D eigenvalue weighted by Gasteiger charge is 2.36. The van der Waals surface area contributed by atoms with Gasteiger partial charge in [-0.15, -0.1) is 0 Å². The van der Waals surface area contributed by atoms with E-state index in [9.17, 15) is 8.42 Å². The van der Waals surface area contributed by atoms with Crippen LogP contribution in [0.4, 0.5) is 0 Å². The van der Waals surface area contributed by atoms with Crippen molar-refractivity contribution in [3.63, 3.8) is 0 Å². The van der Waals surface area contributed by atoms with Crippen LogP contribution in [0.15, 0.2) is 18.2 Å². The van der Waals surface area contributed by atoms with Crippen LogP contribution in [0.2, 0.25) is 0 Å². The van der Waals surface area contributed by atoms with Crippen molar-refractivity contribution >= 4 is 9.84 Å². The van der Waals surface area contributed by atoms with Gasteiger partial charge < -0.3 is 10.5 Å². The van der Waals surface area contributed by atoms with Crippen molar-refractivity contribution in [2.24, 2.45) is 5.73 Å². The molecular weight excluding hydrogens is 274 g/mol. The first-order chi connectivity index (χ1) is 9.59. The number of nitrogens with two attached hydrogens (primary N) is 1. The van der Waals surface area contributed by atoms with Gasteiger partial charge in [0.05, 0.1) is 23.7 Å². The number of sulfone groups is 1. The lowest BCUT2D eigenvalue weighted by atomic mass is 9.95. The molecular formula is C15H21NO3S. The lowest BCUT2D eigenvalue weighted by Crippen LogP contribution is -2.38. The molecule has 1 fully saturated rings. The Bertz CT molecular complexity index is 597. The Hall–Kier alpha value is -1.07. The second kappa shape index (κ2) is 5.37. The lowest BCUT2D eigenvalue weighted by molar-refractivity contribution is 0.282. The third kappa shape index (κ3) is 2.44. The SMILES string of the molecule is NC(c1cccc2c1OCCC2)C1CCCCS1(=O)=O. The molecule has 1 saturated heterocycles. The number of benzene rings is 1. The summed E-state index contributed by atoms with van der Waals surface area (Å²) in [7, 11) is -3.08. The summed E-state index contributed by atoms with van der Waals surface area (Å²) in [6.45, 7) is 0.689. The first kappa shape index (κ1) is 13.9. The molecule has 2 aliphatic heterocycles. The Labute approximate surface area is 120 Å². The maximum absolute atomic E-state index is 12.2. The molecule has 0 saturated carbocycles. The molecule has 2 aliphatic rings. The average Bonchev–Trinajstić information content (AvgIpc) is 2.45. The highest BCUT2D eigenvalue weighted by molar-refractivity contribution is 7.92. The summed E-state index contributed by atoms with van der Waals surface area (Å²) in [4.78, 5) is 0. The van der Waals surface area contributed by atoms with Crippen LogP contribution >= 0.6 is 0 Å². The van der Waals surface area contributed by atoms with Crippen molar-refractivity contribution in [3.8, 4) is 5.75 Å². The van der Waals surface area contributed by atoms with E-state index in [1.54, 1.807) is 0 Å². The zero-order chi connectivity index (χ0) is 14.2. The highest BCUT2D eigenvalue weighted by atomic mass is 32.2. The molecule has 2 atom stereocenters. The van der Waals surface area contributed by atoms with Crippen molar-refractivity contribution in [2.45, 2.75) is 43.4 Å². The Morgan fingerprint density at radius 3 is 2.90 bits per heavy atom.